The smallest absolute Gasteiger partial charge is 0.329 e. The van der Waals surface area contributed by atoms with E-state index < -0.39 is 0 Å². The van der Waals surface area contributed by atoms with Gasteiger partial charge in [0.05, 0.1) is 20.0 Å². The molecule has 29 heavy (non-hydrogen) atoms. The van der Waals surface area contributed by atoms with Crippen molar-refractivity contribution in [3.8, 4) is 0 Å². The normalized spacial score (nSPS) is 15.7. The van der Waals surface area contributed by atoms with Gasteiger partial charge in [0, 0.05) is 25.8 Å². The van der Waals surface area contributed by atoms with Gasteiger partial charge in [0.2, 0.25) is 0 Å². The summed E-state index contributed by atoms with van der Waals surface area (Å²) in [6.45, 7) is 1.31. The fourth-order valence-corrected chi connectivity index (χ4v) is 4.29. The zero-order chi connectivity index (χ0) is 20.4. The van der Waals surface area contributed by atoms with E-state index in [1.807, 2.05) is 42.5 Å². The van der Waals surface area contributed by atoms with Crippen molar-refractivity contribution in [1.29, 1.82) is 0 Å². The van der Waals surface area contributed by atoms with Crippen LogP contribution in [0.1, 0.15) is 11.1 Å². The maximum Gasteiger partial charge on any atom is 0.329 e. The molecule has 0 fully saturated rings. The molecule has 2 aliphatic rings. The number of halogens is 2. The average Bonchev–Trinajstić information content (AvgIpc) is 3.17. The summed E-state index contributed by atoms with van der Waals surface area (Å²) >= 11 is 13.3. The summed E-state index contributed by atoms with van der Waals surface area (Å²) in [5.74, 6) is -0.196. The molecule has 0 radical (unpaired) electrons. The number of hydrogen-bond acceptors (Lipinski definition) is 3. The van der Waals surface area contributed by atoms with E-state index in [1.165, 1.54) is 16.7 Å². The van der Waals surface area contributed by atoms with E-state index in [0.717, 1.165) is 16.2 Å². The van der Waals surface area contributed by atoms with Gasteiger partial charge in [0.25, 0.3) is 5.91 Å². The second-order valence-corrected chi connectivity index (χ2v) is 8.46. The number of thioether (sulfide) groups is 1. The van der Waals surface area contributed by atoms with Crippen LogP contribution in [-0.2, 0) is 17.9 Å². The molecule has 0 saturated carbocycles. The Hall–Kier alpha value is -2.41. The van der Waals surface area contributed by atoms with Gasteiger partial charge in [-0.05, 0) is 29.3 Å². The number of urea groups is 1. The summed E-state index contributed by atoms with van der Waals surface area (Å²) in [5, 5.41) is 4.59. The molecular weight excluding hydrogens is 429 g/mol. The lowest BCUT2D eigenvalue weighted by Gasteiger charge is -2.30. The van der Waals surface area contributed by atoms with Gasteiger partial charge in [-0.2, -0.15) is 0 Å². The van der Waals surface area contributed by atoms with Crippen molar-refractivity contribution < 1.29 is 9.59 Å². The van der Waals surface area contributed by atoms with Gasteiger partial charge in [-0.25, -0.2) is 4.79 Å². The van der Waals surface area contributed by atoms with Crippen LogP contribution >= 0.6 is 35.0 Å². The molecule has 4 rings (SSSR count). The minimum atomic E-state index is -0.196. The molecule has 8 heteroatoms. The minimum Gasteiger partial charge on any atom is -0.347 e. The van der Waals surface area contributed by atoms with E-state index in [-0.39, 0.29) is 11.9 Å². The molecule has 0 aliphatic carbocycles. The number of hydrogen-bond donors (Lipinski definition) is 1. The van der Waals surface area contributed by atoms with Gasteiger partial charge in [0.1, 0.15) is 0 Å². The third-order valence-electron chi connectivity index (χ3n) is 4.54. The second kappa shape index (κ2) is 8.53. The molecule has 0 bridgehead atoms. The quantitative estimate of drug-likeness (QED) is 0.705. The molecule has 0 unspecified atom stereocenters. The Balaban J connectivity index is 1.41. The molecule has 0 spiro atoms. The summed E-state index contributed by atoms with van der Waals surface area (Å²) in [7, 11) is 0. The topological polar surface area (TPSA) is 52.7 Å². The van der Waals surface area contributed by atoms with Gasteiger partial charge < -0.3 is 10.2 Å². The SMILES string of the molecule is O=C(NCc1ccccc1)C1=CN2C(=O)N(Cc3ccc(Cl)c(Cl)c3)CC=C2S1. The van der Waals surface area contributed by atoms with Crippen molar-refractivity contribution in [3.05, 3.63) is 91.9 Å². The van der Waals surface area contributed by atoms with Crippen LogP contribution in [0.25, 0.3) is 0 Å². The van der Waals surface area contributed by atoms with E-state index in [0.29, 0.717) is 34.6 Å². The van der Waals surface area contributed by atoms with Crippen molar-refractivity contribution in [2.45, 2.75) is 13.1 Å². The Bertz CT molecular complexity index is 1020. The van der Waals surface area contributed by atoms with Crippen LogP contribution in [0.3, 0.4) is 0 Å². The minimum absolute atomic E-state index is 0.174. The van der Waals surface area contributed by atoms with Crippen LogP contribution in [0.4, 0.5) is 4.79 Å². The lowest BCUT2D eigenvalue weighted by Crippen LogP contribution is -2.42. The molecular formula is C21H17Cl2N3O2S. The molecule has 2 aromatic carbocycles. The predicted molar refractivity (Wildman–Crippen MR) is 116 cm³/mol. The second-order valence-electron chi connectivity index (χ2n) is 6.59. The fraction of sp³-hybridized carbons (Fsp3) is 0.143. The number of fused-ring (bicyclic) bond motifs is 1. The van der Waals surface area contributed by atoms with Gasteiger partial charge in [-0.15, -0.1) is 0 Å². The molecule has 148 valence electrons. The zero-order valence-corrected chi connectivity index (χ0v) is 17.6. The van der Waals surface area contributed by atoms with Crippen LogP contribution in [0.15, 0.2) is 70.7 Å². The Morgan fingerprint density at radius 2 is 1.86 bits per heavy atom. The first kappa shape index (κ1) is 19.9. The van der Waals surface area contributed by atoms with E-state index in [1.54, 1.807) is 23.2 Å². The highest BCUT2D eigenvalue weighted by molar-refractivity contribution is 8.07. The van der Waals surface area contributed by atoms with E-state index in [2.05, 4.69) is 5.32 Å². The summed E-state index contributed by atoms with van der Waals surface area (Å²) < 4.78 is 0. The Labute approximate surface area is 183 Å². The van der Waals surface area contributed by atoms with Crippen molar-refractivity contribution in [3.63, 3.8) is 0 Å². The number of rotatable bonds is 5. The maximum absolute atomic E-state index is 12.9. The van der Waals surface area contributed by atoms with Crippen LogP contribution in [0, 0.1) is 0 Å². The van der Waals surface area contributed by atoms with Crippen molar-refractivity contribution >= 4 is 46.9 Å². The fourth-order valence-electron chi connectivity index (χ4n) is 3.04. The predicted octanol–water partition coefficient (Wildman–Crippen LogP) is 4.98. The van der Waals surface area contributed by atoms with Gasteiger partial charge in [-0.3, -0.25) is 9.69 Å². The highest BCUT2D eigenvalue weighted by atomic mass is 35.5. The number of nitrogens with zero attached hydrogens (tertiary/aromatic N) is 2. The molecule has 1 N–H and O–H groups in total. The first-order chi connectivity index (χ1) is 14.0. The highest BCUT2D eigenvalue weighted by Gasteiger charge is 2.34. The molecule has 2 aromatic rings. The van der Waals surface area contributed by atoms with E-state index in [4.69, 9.17) is 23.2 Å². The molecule has 2 aliphatic heterocycles. The first-order valence-corrected chi connectivity index (χ1v) is 10.5. The maximum atomic E-state index is 12.9. The molecule has 0 atom stereocenters. The van der Waals surface area contributed by atoms with Crippen molar-refractivity contribution in [1.82, 2.24) is 15.1 Å². The molecule has 3 amide bonds. The number of amides is 3. The lowest BCUT2D eigenvalue weighted by molar-refractivity contribution is -0.117. The largest absolute Gasteiger partial charge is 0.347 e. The molecule has 5 nitrogen and oxygen atoms in total. The Morgan fingerprint density at radius 1 is 1.07 bits per heavy atom. The Morgan fingerprint density at radius 3 is 2.62 bits per heavy atom. The number of benzene rings is 2. The third kappa shape index (κ3) is 4.45. The molecule has 0 saturated heterocycles. The number of nitrogens with one attached hydrogen (secondary N) is 1. The van der Waals surface area contributed by atoms with E-state index >= 15 is 0 Å². The first-order valence-electron chi connectivity index (χ1n) is 8.95. The summed E-state index contributed by atoms with van der Waals surface area (Å²) in [5.41, 5.74) is 1.91. The van der Waals surface area contributed by atoms with E-state index in [9.17, 15) is 9.59 Å². The van der Waals surface area contributed by atoms with Crippen molar-refractivity contribution in [2.75, 3.05) is 6.54 Å². The third-order valence-corrected chi connectivity index (χ3v) is 6.36. The Kier molecular flexibility index (Phi) is 5.85. The highest BCUT2D eigenvalue weighted by Crippen LogP contribution is 2.39. The molecule has 0 aromatic heterocycles. The van der Waals surface area contributed by atoms with Gasteiger partial charge in [0.15, 0.2) is 0 Å². The number of carbonyl (C=O) groups is 2. The molecule has 2 heterocycles. The van der Waals surface area contributed by atoms with Crippen LogP contribution < -0.4 is 5.32 Å². The number of carbonyl (C=O) groups excluding carboxylic acids is 2. The lowest BCUT2D eigenvalue weighted by atomic mass is 10.2. The zero-order valence-electron chi connectivity index (χ0n) is 15.3. The van der Waals surface area contributed by atoms with Crippen molar-refractivity contribution in [2.24, 2.45) is 0 Å². The summed E-state index contributed by atoms with van der Waals surface area (Å²) in [6.07, 6.45) is 3.54. The van der Waals surface area contributed by atoms with Crippen LogP contribution in [0.2, 0.25) is 10.0 Å². The monoisotopic (exact) mass is 445 g/mol. The standard InChI is InChI=1S/C21H17Cl2N3O2S/c22-16-7-6-15(10-17(16)23)12-25-9-8-19-26(21(25)28)13-18(29-19)20(27)24-11-14-4-2-1-3-5-14/h1-8,10,13H,9,11-12H2,(H,24,27). The summed E-state index contributed by atoms with van der Waals surface area (Å²) in [6, 6.07) is 14.8. The van der Waals surface area contributed by atoms with Crippen LogP contribution in [0.5, 0.6) is 0 Å². The van der Waals surface area contributed by atoms with Gasteiger partial charge in [-0.1, -0.05) is 71.4 Å². The van der Waals surface area contributed by atoms with Crippen LogP contribution in [-0.4, -0.2) is 28.3 Å². The average molecular weight is 446 g/mol. The summed E-state index contributed by atoms with van der Waals surface area (Å²) in [4.78, 5) is 29.1. The van der Waals surface area contributed by atoms with Gasteiger partial charge >= 0.3 is 6.03 Å².